The quantitative estimate of drug-likeness (QED) is 0.589. The number of methoxy groups -OCH3 is 1. The second kappa shape index (κ2) is 8.14. The summed E-state index contributed by atoms with van der Waals surface area (Å²) >= 11 is 0. The Bertz CT molecular complexity index is 715. The topological polar surface area (TPSA) is 94.1 Å². The zero-order valence-electron chi connectivity index (χ0n) is 13.8. The minimum Gasteiger partial charge on any atom is -0.493 e. The summed E-state index contributed by atoms with van der Waals surface area (Å²) in [6, 6.07) is 5.33. The summed E-state index contributed by atoms with van der Waals surface area (Å²) in [6.45, 7) is 2.43. The van der Waals surface area contributed by atoms with Crippen molar-refractivity contribution < 1.29 is 22.7 Å². The lowest BCUT2D eigenvalue weighted by Gasteiger charge is -2.09. The van der Waals surface area contributed by atoms with Gasteiger partial charge in [-0.05, 0) is 43.0 Å². The van der Waals surface area contributed by atoms with E-state index in [-0.39, 0.29) is 29.8 Å². The van der Waals surface area contributed by atoms with Crippen LogP contribution in [0.3, 0.4) is 0 Å². The number of nitrogens with one attached hydrogen (secondary N) is 1. The first-order valence-electron chi connectivity index (χ1n) is 7.76. The highest BCUT2D eigenvalue weighted by atomic mass is 32.2. The number of hydrogen-bond donors (Lipinski definition) is 1. The molecule has 1 heterocycles. The van der Waals surface area contributed by atoms with Crippen LogP contribution in [0.4, 0.5) is 0 Å². The van der Waals surface area contributed by atoms with Crippen LogP contribution in [0, 0.1) is 5.92 Å². The fourth-order valence-corrected chi connectivity index (χ4v) is 4.42. The number of ether oxygens (including phenoxy) is 2. The Labute approximate surface area is 142 Å². The summed E-state index contributed by atoms with van der Waals surface area (Å²) in [4.78, 5) is 11.8. The Morgan fingerprint density at radius 2 is 2.21 bits per heavy atom. The van der Waals surface area contributed by atoms with Gasteiger partial charge in [-0.15, -0.1) is 0 Å². The third-order valence-electron chi connectivity index (χ3n) is 3.69. The molecule has 1 atom stereocenters. The van der Waals surface area contributed by atoms with Crippen LogP contribution in [0.5, 0.6) is 11.5 Å². The van der Waals surface area contributed by atoms with Crippen molar-refractivity contribution in [2.45, 2.75) is 19.8 Å². The van der Waals surface area contributed by atoms with E-state index >= 15 is 0 Å². The first-order valence-corrected chi connectivity index (χ1v) is 9.59. The smallest absolute Gasteiger partial charge is 0.240 e. The van der Waals surface area contributed by atoms with Gasteiger partial charge in [-0.2, -0.15) is 5.10 Å². The van der Waals surface area contributed by atoms with Crippen LogP contribution in [0.15, 0.2) is 23.3 Å². The summed E-state index contributed by atoms with van der Waals surface area (Å²) in [5.41, 5.74) is 3.18. The summed E-state index contributed by atoms with van der Waals surface area (Å²) in [5.74, 6) is 1.08. The first kappa shape index (κ1) is 18.3. The SMILES string of the molecule is CCOc1ccc(/C=N\NC(=O)C[C@@H]2CCS(=O)(=O)C2)cc1OC. The van der Waals surface area contributed by atoms with Crippen LogP contribution in [0.25, 0.3) is 0 Å². The van der Waals surface area contributed by atoms with E-state index < -0.39 is 9.84 Å². The molecular formula is C16H22N2O5S. The van der Waals surface area contributed by atoms with Crippen molar-refractivity contribution in [3.63, 3.8) is 0 Å². The van der Waals surface area contributed by atoms with Crippen molar-refractivity contribution >= 4 is 22.0 Å². The maximum Gasteiger partial charge on any atom is 0.240 e. The molecule has 2 rings (SSSR count). The molecule has 1 aromatic carbocycles. The highest BCUT2D eigenvalue weighted by molar-refractivity contribution is 7.91. The molecule has 8 heteroatoms. The number of sulfone groups is 1. The third-order valence-corrected chi connectivity index (χ3v) is 5.53. The molecule has 132 valence electrons. The van der Waals surface area contributed by atoms with E-state index in [0.717, 1.165) is 5.56 Å². The molecule has 1 aliphatic heterocycles. The highest BCUT2D eigenvalue weighted by Crippen LogP contribution is 2.27. The van der Waals surface area contributed by atoms with E-state index in [2.05, 4.69) is 10.5 Å². The number of benzene rings is 1. The average molecular weight is 354 g/mol. The Kier molecular flexibility index (Phi) is 6.19. The first-order chi connectivity index (χ1) is 11.4. The molecule has 1 fully saturated rings. The van der Waals surface area contributed by atoms with Gasteiger partial charge >= 0.3 is 0 Å². The third kappa shape index (κ3) is 5.23. The van der Waals surface area contributed by atoms with Gasteiger partial charge in [0.25, 0.3) is 0 Å². The molecule has 0 bridgehead atoms. The second-order valence-corrected chi connectivity index (χ2v) is 7.84. The van der Waals surface area contributed by atoms with Crippen molar-refractivity contribution in [2.75, 3.05) is 25.2 Å². The van der Waals surface area contributed by atoms with Gasteiger partial charge in [-0.3, -0.25) is 4.79 Å². The minimum absolute atomic E-state index is 0.0836. The van der Waals surface area contributed by atoms with Gasteiger partial charge < -0.3 is 9.47 Å². The van der Waals surface area contributed by atoms with Crippen LogP contribution < -0.4 is 14.9 Å². The Hall–Kier alpha value is -2.09. The van der Waals surface area contributed by atoms with Crippen LogP contribution in [0.2, 0.25) is 0 Å². The molecule has 0 aromatic heterocycles. The maximum atomic E-state index is 11.8. The van der Waals surface area contributed by atoms with E-state index in [1.165, 1.54) is 6.21 Å². The van der Waals surface area contributed by atoms with Gasteiger partial charge in [0, 0.05) is 6.42 Å². The number of nitrogens with zero attached hydrogens (tertiary/aromatic N) is 1. The summed E-state index contributed by atoms with van der Waals surface area (Å²) in [6.07, 6.45) is 2.21. The normalized spacial score (nSPS) is 19.3. The molecule has 1 amide bonds. The van der Waals surface area contributed by atoms with E-state index in [1.54, 1.807) is 25.3 Å². The average Bonchev–Trinajstić information content (AvgIpc) is 2.87. The number of rotatable bonds is 7. The van der Waals surface area contributed by atoms with Crippen LogP contribution in [-0.4, -0.2) is 45.8 Å². The Morgan fingerprint density at radius 3 is 2.83 bits per heavy atom. The van der Waals surface area contributed by atoms with E-state index in [0.29, 0.717) is 24.5 Å². The number of hydrogen-bond acceptors (Lipinski definition) is 6. The predicted octanol–water partition coefficient (Wildman–Crippen LogP) is 1.37. The van der Waals surface area contributed by atoms with Crippen LogP contribution in [0.1, 0.15) is 25.3 Å². The van der Waals surface area contributed by atoms with Crippen LogP contribution in [-0.2, 0) is 14.6 Å². The highest BCUT2D eigenvalue weighted by Gasteiger charge is 2.29. The molecule has 1 aliphatic rings. The summed E-state index contributed by atoms with van der Waals surface area (Å²) in [7, 11) is -1.41. The largest absolute Gasteiger partial charge is 0.493 e. The van der Waals surface area contributed by atoms with Crippen molar-refractivity contribution in [3.05, 3.63) is 23.8 Å². The fourth-order valence-electron chi connectivity index (χ4n) is 2.56. The van der Waals surface area contributed by atoms with Crippen molar-refractivity contribution in [1.82, 2.24) is 5.43 Å². The van der Waals surface area contributed by atoms with Crippen molar-refractivity contribution in [2.24, 2.45) is 11.0 Å². The number of amides is 1. The van der Waals surface area contributed by atoms with Gasteiger partial charge in [0.1, 0.15) is 0 Å². The molecule has 7 nitrogen and oxygen atoms in total. The number of hydrazone groups is 1. The number of carbonyl (C=O) groups excluding carboxylic acids is 1. The molecule has 0 saturated carbocycles. The molecule has 1 saturated heterocycles. The zero-order chi connectivity index (χ0) is 17.6. The zero-order valence-corrected chi connectivity index (χ0v) is 14.6. The maximum absolute atomic E-state index is 11.8. The lowest BCUT2D eigenvalue weighted by atomic mass is 10.1. The molecule has 0 unspecified atom stereocenters. The van der Waals surface area contributed by atoms with E-state index in [1.807, 2.05) is 6.92 Å². The summed E-state index contributed by atoms with van der Waals surface area (Å²) < 4.78 is 33.4. The summed E-state index contributed by atoms with van der Waals surface area (Å²) in [5, 5.41) is 3.90. The number of carbonyl (C=O) groups is 1. The molecule has 1 N–H and O–H groups in total. The fraction of sp³-hybridized carbons (Fsp3) is 0.500. The lowest BCUT2D eigenvalue weighted by molar-refractivity contribution is -0.121. The van der Waals surface area contributed by atoms with Gasteiger partial charge in [-0.1, -0.05) is 0 Å². The Morgan fingerprint density at radius 1 is 1.42 bits per heavy atom. The molecule has 24 heavy (non-hydrogen) atoms. The Balaban J connectivity index is 1.88. The van der Waals surface area contributed by atoms with Gasteiger partial charge in [0.2, 0.25) is 5.91 Å². The monoisotopic (exact) mass is 354 g/mol. The van der Waals surface area contributed by atoms with Gasteiger partial charge in [0.15, 0.2) is 21.3 Å². The van der Waals surface area contributed by atoms with Crippen LogP contribution >= 0.6 is 0 Å². The predicted molar refractivity (Wildman–Crippen MR) is 91.3 cm³/mol. The van der Waals surface area contributed by atoms with E-state index in [9.17, 15) is 13.2 Å². The molecular weight excluding hydrogens is 332 g/mol. The molecule has 0 spiro atoms. The van der Waals surface area contributed by atoms with Gasteiger partial charge in [-0.25, -0.2) is 13.8 Å². The van der Waals surface area contributed by atoms with Crippen molar-refractivity contribution in [1.29, 1.82) is 0 Å². The van der Waals surface area contributed by atoms with E-state index in [4.69, 9.17) is 9.47 Å². The lowest BCUT2D eigenvalue weighted by Crippen LogP contribution is -2.21. The molecule has 1 aromatic rings. The minimum atomic E-state index is -2.97. The molecule has 0 radical (unpaired) electrons. The molecule has 0 aliphatic carbocycles. The second-order valence-electron chi connectivity index (χ2n) is 5.61. The van der Waals surface area contributed by atoms with Gasteiger partial charge in [0.05, 0.1) is 31.4 Å². The van der Waals surface area contributed by atoms with Crippen molar-refractivity contribution in [3.8, 4) is 11.5 Å². The standard InChI is InChI=1S/C16H22N2O5S/c1-3-23-14-5-4-12(8-15(14)22-2)10-17-18-16(19)9-13-6-7-24(20,21)11-13/h4-5,8,10,13H,3,6-7,9,11H2,1-2H3,(H,18,19)/b17-10-/t13-/m0/s1.